The molecule has 0 bridgehead atoms. The number of hydrogen-bond donors (Lipinski definition) is 0. The first-order valence-corrected chi connectivity index (χ1v) is 7.10. The molecule has 1 aromatic heterocycles. The van der Waals surface area contributed by atoms with E-state index in [2.05, 4.69) is 36.2 Å². The third-order valence-corrected chi connectivity index (χ3v) is 1.98. The van der Waals surface area contributed by atoms with E-state index < -0.39 is 0 Å². The molecule has 0 unspecified atom stereocenters. The van der Waals surface area contributed by atoms with Crippen molar-refractivity contribution < 1.29 is 0 Å². The van der Waals surface area contributed by atoms with Crippen LogP contribution in [0.15, 0.2) is 30.3 Å². The number of fused-ring (bicyclic) bond motifs is 1. The maximum absolute atomic E-state index is 4.42. The number of hydrogen-bond acceptors (Lipinski definition) is 1. The van der Waals surface area contributed by atoms with E-state index in [0.29, 0.717) is 0 Å². The van der Waals surface area contributed by atoms with Gasteiger partial charge in [0.2, 0.25) is 0 Å². The second kappa shape index (κ2) is 12.1. The van der Waals surface area contributed by atoms with Crippen molar-refractivity contribution in [1.82, 2.24) is 4.98 Å². The second-order valence-electron chi connectivity index (χ2n) is 3.15. The molecule has 2 aromatic rings. The van der Waals surface area contributed by atoms with E-state index >= 15 is 0 Å². The molecule has 0 atom stereocenters. The first-order chi connectivity index (χ1) is 8.75. The molecule has 0 fully saturated rings. The van der Waals surface area contributed by atoms with E-state index in [-0.39, 0.29) is 0 Å². The monoisotopic (exact) mass is 247 g/mol. The van der Waals surface area contributed by atoms with Crippen LogP contribution in [0.5, 0.6) is 0 Å². The zero-order valence-corrected chi connectivity index (χ0v) is 13.3. The summed E-state index contributed by atoms with van der Waals surface area (Å²) in [7, 11) is 0. The van der Waals surface area contributed by atoms with Crippen molar-refractivity contribution in [2.45, 2.75) is 55.4 Å². The van der Waals surface area contributed by atoms with Crippen LogP contribution in [0.4, 0.5) is 0 Å². The molecule has 1 aromatic carbocycles. The summed E-state index contributed by atoms with van der Waals surface area (Å²) >= 11 is 0. The SMILES string of the molecule is CC.CC.CC.Cc1ccc2nc(C)ccc2c1. The van der Waals surface area contributed by atoms with Crippen LogP contribution in [0.25, 0.3) is 10.9 Å². The van der Waals surface area contributed by atoms with Gasteiger partial charge >= 0.3 is 0 Å². The van der Waals surface area contributed by atoms with Gasteiger partial charge in [-0.1, -0.05) is 59.2 Å². The molecule has 1 nitrogen and oxygen atoms in total. The number of benzene rings is 1. The van der Waals surface area contributed by atoms with Gasteiger partial charge in [-0.2, -0.15) is 0 Å². The molecule has 0 aliphatic heterocycles. The Hall–Kier alpha value is -1.37. The maximum Gasteiger partial charge on any atom is 0.0705 e. The molecule has 0 saturated carbocycles. The number of aromatic nitrogens is 1. The third-order valence-electron chi connectivity index (χ3n) is 1.98. The van der Waals surface area contributed by atoms with Crippen LogP contribution in [0.3, 0.4) is 0 Å². The average Bonchev–Trinajstić information content (AvgIpc) is 2.46. The van der Waals surface area contributed by atoms with Crippen LogP contribution < -0.4 is 0 Å². The van der Waals surface area contributed by atoms with Gasteiger partial charge in [0.25, 0.3) is 0 Å². The van der Waals surface area contributed by atoms with Crippen LogP contribution in [0.1, 0.15) is 52.8 Å². The van der Waals surface area contributed by atoms with Crippen molar-refractivity contribution in [3.63, 3.8) is 0 Å². The summed E-state index contributed by atoms with van der Waals surface area (Å²) in [5.41, 5.74) is 3.44. The minimum Gasteiger partial charge on any atom is -0.253 e. The Morgan fingerprint density at radius 1 is 0.722 bits per heavy atom. The summed E-state index contributed by atoms with van der Waals surface area (Å²) < 4.78 is 0. The fourth-order valence-corrected chi connectivity index (χ4v) is 1.35. The Bertz CT molecular complexity index is 378. The Morgan fingerprint density at radius 2 is 1.28 bits per heavy atom. The molecule has 102 valence electrons. The van der Waals surface area contributed by atoms with E-state index in [9.17, 15) is 0 Å². The molecule has 0 N–H and O–H groups in total. The zero-order chi connectivity index (χ0) is 14.6. The van der Waals surface area contributed by atoms with E-state index in [1.807, 2.05) is 54.5 Å². The van der Waals surface area contributed by atoms with Gasteiger partial charge in [-0.15, -0.1) is 0 Å². The molecule has 0 aliphatic rings. The number of rotatable bonds is 0. The average molecular weight is 247 g/mol. The number of nitrogens with zero attached hydrogens (tertiary/aromatic N) is 1. The molecule has 0 spiro atoms. The van der Waals surface area contributed by atoms with Crippen LogP contribution in [0.2, 0.25) is 0 Å². The van der Waals surface area contributed by atoms with Crippen molar-refractivity contribution in [2.24, 2.45) is 0 Å². The Kier molecular flexibility index (Phi) is 12.8. The first kappa shape index (κ1) is 19.0. The minimum absolute atomic E-state index is 1.08. The molecule has 2 rings (SSSR count). The van der Waals surface area contributed by atoms with Gasteiger partial charge in [-0.3, -0.25) is 4.98 Å². The molecule has 0 amide bonds. The largest absolute Gasteiger partial charge is 0.253 e. The number of aryl methyl sites for hydroxylation is 2. The quantitative estimate of drug-likeness (QED) is 0.562. The van der Waals surface area contributed by atoms with Crippen LogP contribution in [-0.4, -0.2) is 4.98 Å². The molecular weight excluding hydrogens is 218 g/mol. The van der Waals surface area contributed by atoms with Gasteiger partial charge in [0.05, 0.1) is 5.52 Å². The fraction of sp³-hybridized carbons (Fsp3) is 0.471. The van der Waals surface area contributed by atoms with Gasteiger partial charge in [0.1, 0.15) is 0 Å². The summed E-state index contributed by atoms with van der Waals surface area (Å²) in [4.78, 5) is 4.42. The highest BCUT2D eigenvalue weighted by Crippen LogP contribution is 2.13. The standard InChI is InChI=1S/C11H11N.3C2H6/c1-8-3-6-11-10(7-8)5-4-9(2)12-11;3*1-2/h3-7H,1-2H3;3*1-2H3. The Morgan fingerprint density at radius 3 is 1.83 bits per heavy atom. The minimum atomic E-state index is 1.08. The van der Waals surface area contributed by atoms with Crippen LogP contribution in [-0.2, 0) is 0 Å². The van der Waals surface area contributed by atoms with Crippen molar-refractivity contribution in [3.8, 4) is 0 Å². The van der Waals surface area contributed by atoms with Crippen LogP contribution >= 0.6 is 0 Å². The van der Waals surface area contributed by atoms with Gasteiger partial charge in [-0.05, 0) is 32.0 Å². The third kappa shape index (κ3) is 6.39. The lowest BCUT2D eigenvalue weighted by molar-refractivity contribution is 1.25. The van der Waals surface area contributed by atoms with Gasteiger partial charge in [0, 0.05) is 11.1 Å². The highest BCUT2D eigenvalue weighted by molar-refractivity contribution is 5.79. The van der Waals surface area contributed by atoms with Gasteiger partial charge < -0.3 is 0 Å². The Labute approximate surface area is 113 Å². The topological polar surface area (TPSA) is 12.9 Å². The van der Waals surface area contributed by atoms with Gasteiger partial charge in [0.15, 0.2) is 0 Å². The Balaban J connectivity index is 0. The lowest BCUT2D eigenvalue weighted by atomic mass is 10.1. The van der Waals surface area contributed by atoms with E-state index in [4.69, 9.17) is 0 Å². The van der Waals surface area contributed by atoms with Crippen molar-refractivity contribution in [3.05, 3.63) is 41.6 Å². The molecular formula is C17H29N. The predicted molar refractivity (Wildman–Crippen MR) is 85.3 cm³/mol. The molecule has 0 radical (unpaired) electrons. The summed E-state index contributed by atoms with van der Waals surface area (Å²) in [6, 6.07) is 10.5. The summed E-state index contributed by atoms with van der Waals surface area (Å²) in [6.07, 6.45) is 0. The number of pyridine rings is 1. The van der Waals surface area contributed by atoms with Crippen LogP contribution in [0, 0.1) is 13.8 Å². The first-order valence-electron chi connectivity index (χ1n) is 7.10. The van der Waals surface area contributed by atoms with Gasteiger partial charge in [-0.25, -0.2) is 0 Å². The normalized spacial score (nSPS) is 8.00. The molecule has 1 heteroatoms. The maximum atomic E-state index is 4.42. The van der Waals surface area contributed by atoms with Crippen molar-refractivity contribution >= 4 is 10.9 Å². The lowest BCUT2D eigenvalue weighted by Crippen LogP contribution is -1.82. The predicted octanol–water partition coefficient (Wildman–Crippen LogP) is 5.93. The molecule has 1 heterocycles. The van der Waals surface area contributed by atoms with E-state index in [1.54, 1.807) is 0 Å². The second-order valence-corrected chi connectivity index (χ2v) is 3.15. The molecule has 0 aliphatic carbocycles. The zero-order valence-electron chi connectivity index (χ0n) is 13.3. The van der Waals surface area contributed by atoms with Crippen molar-refractivity contribution in [2.75, 3.05) is 0 Å². The summed E-state index contributed by atoms with van der Waals surface area (Å²) in [5.74, 6) is 0. The highest BCUT2D eigenvalue weighted by Gasteiger charge is 1.94. The summed E-state index contributed by atoms with van der Waals surface area (Å²) in [5, 5.41) is 1.22. The summed E-state index contributed by atoms with van der Waals surface area (Å²) in [6.45, 7) is 16.1. The lowest BCUT2D eigenvalue weighted by Gasteiger charge is -1.99. The van der Waals surface area contributed by atoms with Crippen molar-refractivity contribution in [1.29, 1.82) is 0 Å². The molecule has 0 saturated heterocycles. The van der Waals surface area contributed by atoms with E-state index in [1.165, 1.54) is 10.9 Å². The fourth-order valence-electron chi connectivity index (χ4n) is 1.35. The highest BCUT2D eigenvalue weighted by atomic mass is 14.7. The molecule has 18 heavy (non-hydrogen) atoms. The smallest absolute Gasteiger partial charge is 0.0705 e. The van der Waals surface area contributed by atoms with E-state index in [0.717, 1.165) is 11.2 Å².